The van der Waals surface area contributed by atoms with Gasteiger partial charge in [0.05, 0.1) is 12.3 Å². The number of terminal acetylenes is 1. The summed E-state index contributed by atoms with van der Waals surface area (Å²) < 4.78 is 5.90. The van der Waals surface area contributed by atoms with Gasteiger partial charge in [0.1, 0.15) is 5.75 Å². The molecule has 2 aromatic carbocycles. The number of benzene rings is 2. The van der Waals surface area contributed by atoms with Gasteiger partial charge in [-0.1, -0.05) is 79.6 Å². The number of aryl methyl sites for hydroxylation is 1. The number of hydrogen-bond acceptors (Lipinski definition) is 4. The van der Waals surface area contributed by atoms with E-state index in [1.165, 1.54) is 65.9 Å². The van der Waals surface area contributed by atoms with E-state index < -0.39 is 0 Å². The Kier molecular flexibility index (Phi) is 18.3. The largest absolute Gasteiger partial charge is 0.493 e. The second kappa shape index (κ2) is 21.1. The molecule has 2 aliphatic heterocycles. The molecule has 4 nitrogen and oxygen atoms in total. The Morgan fingerprint density at radius 1 is 1.05 bits per heavy atom. The first-order valence-corrected chi connectivity index (χ1v) is 15.6. The summed E-state index contributed by atoms with van der Waals surface area (Å²) in [6, 6.07) is 16.9. The highest BCUT2D eigenvalue weighted by molar-refractivity contribution is 5.78. The lowest BCUT2D eigenvalue weighted by Gasteiger charge is -2.38. The van der Waals surface area contributed by atoms with Gasteiger partial charge in [-0.2, -0.15) is 0 Å². The smallest absolute Gasteiger partial charge is 0.122 e. The third-order valence-corrected chi connectivity index (χ3v) is 8.01. The van der Waals surface area contributed by atoms with Crippen LogP contribution in [0.5, 0.6) is 5.75 Å². The van der Waals surface area contributed by atoms with E-state index in [2.05, 4.69) is 111 Å². The van der Waals surface area contributed by atoms with Crippen LogP contribution in [0.15, 0.2) is 88.7 Å². The summed E-state index contributed by atoms with van der Waals surface area (Å²) in [6.07, 6.45) is 18.2. The van der Waals surface area contributed by atoms with Gasteiger partial charge in [0.15, 0.2) is 0 Å². The van der Waals surface area contributed by atoms with Gasteiger partial charge in [-0.25, -0.2) is 0 Å². The molecule has 0 amide bonds. The highest BCUT2D eigenvalue weighted by Gasteiger charge is 2.27. The number of aliphatic imine (C=N–C) groups is 1. The summed E-state index contributed by atoms with van der Waals surface area (Å²) in [5.41, 5.74) is 9.16. The number of fused-ring (bicyclic) bond motifs is 1. The number of hydrogen-bond donors (Lipinski definition) is 1. The fourth-order valence-electron chi connectivity index (χ4n) is 5.15. The first-order valence-electron chi connectivity index (χ1n) is 15.6. The summed E-state index contributed by atoms with van der Waals surface area (Å²) >= 11 is 0. The average Bonchev–Trinajstić information content (AvgIpc) is 3.04. The van der Waals surface area contributed by atoms with Crippen LogP contribution >= 0.6 is 0 Å². The summed E-state index contributed by atoms with van der Waals surface area (Å²) in [5, 5.41) is 3.03. The number of ether oxygens (including phenoxy) is 1. The molecule has 0 aromatic heterocycles. The molecule has 2 aliphatic rings. The highest BCUT2D eigenvalue weighted by atomic mass is 16.5. The minimum Gasteiger partial charge on any atom is -0.493 e. The topological polar surface area (TPSA) is 36.9 Å². The molecule has 2 heterocycles. The van der Waals surface area contributed by atoms with Crippen LogP contribution in [-0.2, 0) is 12.8 Å². The predicted molar refractivity (Wildman–Crippen MR) is 189 cm³/mol. The summed E-state index contributed by atoms with van der Waals surface area (Å²) in [6.45, 7) is 20.3. The lowest BCUT2D eigenvalue weighted by Crippen LogP contribution is -2.37. The fraction of sp³-hybridized carbons (Fsp3) is 0.462. The van der Waals surface area contributed by atoms with Crippen molar-refractivity contribution in [2.75, 3.05) is 33.8 Å². The number of nitrogens with zero attached hydrogens (tertiary/aromatic N) is 2. The van der Waals surface area contributed by atoms with Crippen molar-refractivity contribution < 1.29 is 4.74 Å². The second-order valence-electron chi connectivity index (χ2n) is 11.6. The van der Waals surface area contributed by atoms with Crippen LogP contribution in [0, 0.1) is 31.6 Å². The number of para-hydroxylation sites is 1. The maximum atomic E-state index is 5.90. The number of allylic oxidation sites excluding steroid dienone is 4. The molecule has 1 saturated heterocycles. The van der Waals surface area contributed by atoms with Crippen molar-refractivity contribution in [1.82, 2.24) is 10.2 Å². The van der Waals surface area contributed by atoms with Crippen molar-refractivity contribution in [3.63, 3.8) is 0 Å². The second-order valence-corrected chi connectivity index (χ2v) is 11.6. The minimum absolute atomic E-state index is 0.447. The SMILES string of the molecule is C#C.C=C(C1COc2ccccc2C1)N1CCC(CC)CC1.CC(C)=CCc1ccccc1C.CN=CC(NC)=C(C)C. The third-order valence-electron chi connectivity index (χ3n) is 8.01. The van der Waals surface area contributed by atoms with E-state index in [4.69, 9.17) is 4.74 Å². The Bertz CT molecular complexity index is 1200. The Labute approximate surface area is 264 Å². The summed E-state index contributed by atoms with van der Waals surface area (Å²) in [4.78, 5) is 6.38. The van der Waals surface area contributed by atoms with Gasteiger partial charge in [-0.15, -0.1) is 12.8 Å². The molecule has 4 heteroatoms. The normalized spacial score (nSPS) is 15.5. The maximum absolute atomic E-state index is 5.90. The van der Waals surface area contributed by atoms with Gasteiger partial charge in [-0.3, -0.25) is 4.99 Å². The zero-order valence-corrected chi connectivity index (χ0v) is 28.2. The molecule has 0 bridgehead atoms. The highest BCUT2D eigenvalue weighted by Crippen LogP contribution is 2.32. The fourth-order valence-corrected chi connectivity index (χ4v) is 5.15. The zero-order valence-electron chi connectivity index (χ0n) is 28.2. The molecule has 0 radical (unpaired) electrons. The molecule has 2 aromatic rings. The van der Waals surface area contributed by atoms with Gasteiger partial charge >= 0.3 is 0 Å². The Hall–Kier alpha value is -3.71. The van der Waals surface area contributed by atoms with Gasteiger partial charge in [0, 0.05) is 45.0 Å². The van der Waals surface area contributed by atoms with Gasteiger partial charge in [0.25, 0.3) is 0 Å². The molecule has 1 atom stereocenters. The van der Waals surface area contributed by atoms with Crippen LogP contribution < -0.4 is 10.1 Å². The van der Waals surface area contributed by atoms with E-state index in [9.17, 15) is 0 Å². The summed E-state index contributed by atoms with van der Waals surface area (Å²) in [7, 11) is 3.66. The predicted octanol–water partition coefficient (Wildman–Crippen LogP) is 8.83. The van der Waals surface area contributed by atoms with Crippen molar-refractivity contribution in [2.24, 2.45) is 16.8 Å². The van der Waals surface area contributed by atoms with Crippen molar-refractivity contribution >= 4 is 6.21 Å². The van der Waals surface area contributed by atoms with E-state index in [0.29, 0.717) is 5.92 Å². The van der Waals surface area contributed by atoms with E-state index in [-0.39, 0.29) is 0 Å². The monoisotopic (exact) mass is 583 g/mol. The first-order chi connectivity index (χ1) is 20.7. The molecule has 43 heavy (non-hydrogen) atoms. The van der Waals surface area contributed by atoms with Crippen molar-refractivity contribution in [1.29, 1.82) is 0 Å². The van der Waals surface area contributed by atoms with E-state index >= 15 is 0 Å². The quantitative estimate of drug-likeness (QED) is 0.201. The summed E-state index contributed by atoms with van der Waals surface area (Å²) in [5.74, 6) is 2.42. The van der Waals surface area contributed by atoms with Crippen molar-refractivity contribution in [3.05, 3.63) is 100 Å². The van der Waals surface area contributed by atoms with Crippen LogP contribution in [0.25, 0.3) is 0 Å². The lowest BCUT2D eigenvalue weighted by molar-refractivity contribution is 0.170. The zero-order chi connectivity index (χ0) is 32.2. The molecular formula is C39H57N3O. The minimum atomic E-state index is 0.447. The number of nitrogens with one attached hydrogen (secondary N) is 1. The Balaban J connectivity index is 0.000000345. The third kappa shape index (κ3) is 13.4. The van der Waals surface area contributed by atoms with Crippen LogP contribution in [0.1, 0.15) is 70.6 Å². The molecule has 1 unspecified atom stereocenters. The number of rotatable bonds is 7. The standard InChI is InChI=1S/C18H25NO.C12H16.C7H14N2.C2H2/c1-3-15-8-10-19(11-9-15)14(2)17-12-16-6-4-5-7-18(16)20-13-17;1-10(2)8-9-12-7-5-4-6-11(12)3;1-6(2)7(9-4)5-8-3;1-2/h4-7,15,17H,2-3,8-13H2,1H3;4-8H,9H2,1-3H3;5,9H,1-4H3;1-2H. The average molecular weight is 584 g/mol. The van der Waals surface area contributed by atoms with Crippen LogP contribution in [-0.4, -0.2) is 44.9 Å². The Morgan fingerprint density at radius 3 is 2.21 bits per heavy atom. The van der Waals surface area contributed by atoms with Crippen molar-refractivity contribution in [3.8, 4) is 18.6 Å². The molecular weight excluding hydrogens is 526 g/mol. The van der Waals surface area contributed by atoms with Crippen molar-refractivity contribution in [2.45, 2.75) is 73.6 Å². The van der Waals surface area contributed by atoms with Gasteiger partial charge < -0.3 is 15.0 Å². The van der Waals surface area contributed by atoms with Crippen LogP contribution in [0.2, 0.25) is 0 Å². The van der Waals surface area contributed by atoms with Gasteiger partial charge in [0.2, 0.25) is 0 Å². The first kappa shape index (κ1) is 37.3. The van der Waals surface area contributed by atoms with E-state index in [1.54, 1.807) is 7.05 Å². The Morgan fingerprint density at radius 2 is 1.67 bits per heavy atom. The number of piperidine rings is 1. The molecule has 0 spiro atoms. The maximum Gasteiger partial charge on any atom is 0.122 e. The van der Waals surface area contributed by atoms with E-state index in [0.717, 1.165) is 36.8 Å². The molecule has 1 N–H and O–H groups in total. The molecule has 0 aliphatic carbocycles. The molecule has 1 fully saturated rings. The molecule has 234 valence electrons. The number of likely N-dealkylation sites (tertiary alicyclic amines) is 1. The van der Waals surface area contributed by atoms with E-state index in [1.807, 2.05) is 33.2 Å². The lowest BCUT2D eigenvalue weighted by atomic mass is 9.90. The van der Waals surface area contributed by atoms with Crippen LogP contribution in [0.3, 0.4) is 0 Å². The molecule has 0 saturated carbocycles. The van der Waals surface area contributed by atoms with Crippen LogP contribution in [0.4, 0.5) is 0 Å². The van der Waals surface area contributed by atoms with Gasteiger partial charge in [-0.05, 0) is 89.0 Å². The molecule has 4 rings (SSSR count).